The first-order valence-electron chi connectivity index (χ1n) is 7.08. The number of pyridine rings is 1. The summed E-state index contributed by atoms with van der Waals surface area (Å²) in [6.45, 7) is 2.11. The molecule has 7 nitrogen and oxygen atoms in total. The van der Waals surface area contributed by atoms with E-state index in [0.717, 1.165) is 5.56 Å². The van der Waals surface area contributed by atoms with Crippen LogP contribution in [0.1, 0.15) is 0 Å². The van der Waals surface area contributed by atoms with E-state index in [1.165, 1.54) is 10.7 Å². The van der Waals surface area contributed by atoms with Crippen LogP contribution in [-0.2, 0) is 16.1 Å². The molecule has 0 aromatic carbocycles. The van der Waals surface area contributed by atoms with Gasteiger partial charge in [-0.25, -0.2) is 4.68 Å². The summed E-state index contributed by atoms with van der Waals surface area (Å²) >= 11 is 0. The third kappa shape index (κ3) is 3.20. The molecule has 1 aliphatic heterocycles. The fraction of sp³-hybridized carbons (Fsp3) is 0.333. The maximum Gasteiger partial charge on any atom is 0.267 e. The lowest BCUT2D eigenvalue weighted by molar-refractivity contribution is -0.136. The Labute approximate surface area is 127 Å². The number of ether oxygens (including phenoxy) is 1. The molecular formula is C15H16N4O3. The van der Waals surface area contributed by atoms with Gasteiger partial charge in [0, 0.05) is 37.1 Å². The maximum absolute atomic E-state index is 12.2. The van der Waals surface area contributed by atoms with Gasteiger partial charge in [0.05, 0.1) is 18.9 Å². The van der Waals surface area contributed by atoms with Gasteiger partial charge in [-0.15, -0.1) is 0 Å². The molecule has 0 N–H and O–H groups in total. The Balaban J connectivity index is 1.81. The first kappa shape index (κ1) is 14.4. The van der Waals surface area contributed by atoms with Crippen LogP contribution in [0.5, 0.6) is 0 Å². The fourth-order valence-electron chi connectivity index (χ4n) is 2.28. The van der Waals surface area contributed by atoms with E-state index < -0.39 is 0 Å². The lowest BCUT2D eigenvalue weighted by atomic mass is 10.2. The van der Waals surface area contributed by atoms with Crippen LogP contribution >= 0.6 is 0 Å². The molecule has 0 radical (unpaired) electrons. The molecule has 0 unspecified atom stereocenters. The number of hydrogen-bond donors (Lipinski definition) is 0. The van der Waals surface area contributed by atoms with Crippen LogP contribution in [0.3, 0.4) is 0 Å². The molecule has 1 amide bonds. The molecule has 3 heterocycles. The average Bonchev–Trinajstić information content (AvgIpc) is 2.58. The highest BCUT2D eigenvalue weighted by molar-refractivity contribution is 5.76. The van der Waals surface area contributed by atoms with Crippen LogP contribution in [0.15, 0.2) is 41.5 Å². The van der Waals surface area contributed by atoms with Crippen molar-refractivity contribution in [3.05, 3.63) is 47.0 Å². The first-order chi connectivity index (χ1) is 10.7. The van der Waals surface area contributed by atoms with E-state index in [-0.39, 0.29) is 18.0 Å². The van der Waals surface area contributed by atoms with Crippen molar-refractivity contribution < 1.29 is 9.53 Å². The summed E-state index contributed by atoms with van der Waals surface area (Å²) in [7, 11) is 0. The Morgan fingerprint density at radius 2 is 1.86 bits per heavy atom. The zero-order valence-corrected chi connectivity index (χ0v) is 12.0. The molecule has 22 heavy (non-hydrogen) atoms. The van der Waals surface area contributed by atoms with Gasteiger partial charge < -0.3 is 9.64 Å². The molecule has 7 heteroatoms. The molecule has 0 saturated carbocycles. The molecule has 0 aliphatic carbocycles. The van der Waals surface area contributed by atoms with Crippen molar-refractivity contribution >= 4 is 5.91 Å². The molecule has 1 aliphatic rings. The van der Waals surface area contributed by atoms with Crippen molar-refractivity contribution in [3.63, 3.8) is 0 Å². The number of amides is 1. The molecule has 0 bridgehead atoms. The van der Waals surface area contributed by atoms with Gasteiger partial charge >= 0.3 is 0 Å². The number of rotatable bonds is 3. The van der Waals surface area contributed by atoms with Crippen molar-refractivity contribution in [2.75, 3.05) is 26.3 Å². The normalized spacial score (nSPS) is 14.8. The lowest BCUT2D eigenvalue weighted by Crippen LogP contribution is -2.43. The third-order valence-corrected chi connectivity index (χ3v) is 3.49. The number of carbonyl (C=O) groups excluding carboxylic acids is 1. The largest absolute Gasteiger partial charge is 0.378 e. The summed E-state index contributed by atoms with van der Waals surface area (Å²) in [5, 5.41) is 4.27. The fourth-order valence-corrected chi connectivity index (χ4v) is 2.28. The van der Waals surface area contributed by atoms with Crippen LogP contribution in [-0.4, -0.2) is 51.9 Å². The monoisotopic (exact) mass is 300 g/mol. The van der Waals surface area contributed by atoms with Crippen LogP contribution in [0, 0.1) is 0 Å². The summed E-state index contributed by atoms with van der Waals surface area (Å²) in [5.74, 6) is -0.121. The minimum absolute atomic E-state index is 0.0578. The highest BCUT2D eigenvalue weighted by Crippen LogP contribution is 2.13. The van der Waals surface area contributed by atoms with Gasteiger partial charge in [0.1, 0.15) is 6.54 Å². The van der Waals surface area contributed by atoms with Crippen molar-refractivity contribution in [2.45, 2.75) is 6.54 Å². The van der Waals surface area contributed by atoms with Gasteiger partial charge in [-0.05, 0) is 18.2 Å². The van der Waals surface area contributed by atoms with Crippen molar-refractivity contribution in [3.8, 4) is 11.3 Å². The van der Waals surface area contributed by atoms with Gasteiger partial charge in [0.15, 0.2) is 0 Å². The summed E-state index contributed by atoms with van der Waals surface area (Å²) in [6.07, 6.45) is 3.32. The molecule has 3 rings (SSSR count). The van der Waals surface area contributed by atoms with E-state index >= 15 is 0 Å². The zero-order chi connectivity index (χ0) is 15.4. The van der Waals surface area contributed by atoms with Gasteiger partial charge in [0.2, 0.25) is 5.91 Å². The van der Waals surface area contributed by atoms with Crippen molar-refractivity contribution in [1.82, 2.24) is 19.7 Å². The first-order valence-corrected chi connectivity index (χ1v) is 7.08. The minimum atomic E-state index is -0.292. The van der Waals surface area contributed by atoms with Crippen LogP contribution in [0.4, 0.5) is 0 Å². The summed E-state index contributed by atoms with van der Waals surface area (Å²) in [6, 6.07) is 6.69. The molecule has 1 saturated heterocycles. The SMILES string of the molecule is O=C(Cn1nc(-c2ccncc2)ccc1=O)N1CCOCC1. The zero-order valence-electron chi connectivity index (χ0n) is 12.0. The Bertz CT molecular complexity index is 708. The van der Waals surface area contributed by atoms with E-state index in [1.807, 2.05) is 0 Å². The van der Waals surface area contributed by atoms with Gasteiger partial charge in [-0.3, -0.25) is 14.6 Å². The molecular weight excluding hydrogens is 284 g/mol. The van der Waals surface area contributed by atoms with Gasteiger partial charge in [0.25, 0.3) is 5.56 Å². The number of morpholine rings is 1. The Morgan fingerprint density at radius 3 is 2.59 bits per heavy atom. The van der Waals surface area contributed by atoms with Crippen LogP contribution in [0.25, 0.3) is 11.3 Å². The van der Waals surface area contributed by atoms with Crippen molar-refractivity contribution in [2.24, 2.45) is 0 Å². The predicted molar refractivity (Wildman–Crippen MR) is 79.1 cm³/mol. The van der Waals surface area contributed by atoms with Crippen LogP contribution < -0.4 is 5.56 Å². The van der Waals surface area contributed by atoms with Crippen LogP contribution in [0.2, 0.25) is 0 Å². The molecule has 2 aromatic heterocycles. The molecule has 1 fully saturated rings. The highest BCUT2D eigenvalue weighted by atomic mass is 16.5. The summed E-state index contributed by atoms with van der Waals surface area (Å²) in [4.78, 5) is 29.8. The van der Waals surface area contributed by atoms with E-state index in [2.05, 4.69) is 10.1 Å². The summed E-state index contributed by atoms with van der Waals surface area (Å²) < 4.78 is 6.42. The second-order valence-electron chi connectivity index (χ2n) is 4.94. The smallest absolute Gasteiger partial charge is 0.267 e. The van der Waals surface area contributed by atoms with E-state index in [1.54, 1.807) is 35.5 Å². The number of hydrogen-bond acceptors (Lipinski definition) is 5. The molecule has 114 valence electrons. The Hall–Kier alpha value is -2.54. The lowest BCUT2D eigenvalue weighted by Gasteiger charge is -2.26. The predicted octanol–water partition coefficient (Wildman–Crippen LogP) is 0.164. The Kier molecular flexibility index (Phi) is 4.24. The quantitative estimate of drug-likeness (QED) is 0.807. The number of nitrogens with zero attached hydrogens (tertiary/aromatic N) is 4. The van der Waals surface area contributed by atoms with E-state index in [4.69, 9.17) is 4.74 Å². The maximum atomic E-state index is 12.2. The van der Waals surface area contributed by atoms with Gasteiger partial charge in [-0.2, -0.15) is 5.10 Å². The second kappa shape index (κ2) is 6.48. The third-order valence-electron chi connectivity index (χ3n) is 3.49. The number of carbonyl (C=O) groups is 1. The minimum Gasteiger partial charge on any atom is -0.378 e. The average molecular weight is 300 g/mol. The molecule has 0 spiro atoms. The Morgan fingerprint density at radius 1 is 1.14 bits per heavy atom. The van der Waals surface area contributed by atoms with Crippen molar-refractivity contribution in [1.29, 1.82) is 0 Å². The second-order valence-corrected chi connectivity index (χ2v) is 4.94. The van der Waals surface area contributed by atoms with Gasteiger partial charge in [-0.1, -0.05) is 0 Å². The van der Waals surface area contributed by atoms with E-state index in [0.29, 0.717) is 32.0 Å². The highest BCUT2D eigenvalue weighted by Gasteiger charge is 2.18. The molecule has 2 aromatic rings. The topological polar surface area (TPSA) is 77.3 Å². The van der Waals surface area contributed by atoms with E-state index in [9.17, 15) is 9.59 Å². The molecule has 0 atom stereocenters. The summed E-state index contributed by atoms with van der Waals surface area (Å²) in [5.41, 5.74) is 1.19. The number of aromatic nitrogens is 3. The standard InChI is InChI=1S/C15H16N4O3/c20-14-2-1-13(12-3-5-16-6-4-12)17-19(14)11-15(21)18-7-9-22-10-8-18/h1-6H,7-11H2.